The van der Waals surface area contributed by atoms with Gasteiger partial charge in [-0.05, 0) is 30.7 Å². The van der Waals surface area contributed by atoms with Crippen LogP contribution in [0.2, 0.25) is 0 Å². The smallest absolute Gasteiger partial charge is 0.205 e. The number of ether oxygens (including phenoxy) is 1. The van der Waals surface area contributed by atoms with Crippen LogP contribution in [0.5, 0.6) is 5.75 Å². The number of hydrogen-bond acceptors (Lipinski definition) is 5. The number of aliphatic imine (C=N–C) groups is 1. The van der Waals surface area contributed by atoms with Gasteiger partial charge in [0.15, 0.2) is 0 Å². The van der Waals surface area contributed by atoms with E-state index in [1.165, 1.54) is 5.69 Å². The Hall–Kier alpha value is -2.53. The third-order valence-corrected chi connectivity index (χ3v) is 4.32. The van der Waals surface area contributed by atoms with E-state index in [1.54, 1.807) is 0 Å². The van der Waals surface area contributed by atoms with E-state index in [4.69, 9.17) is 4.74 Å². The highest BCUT2D eigenvalue weighted by molar-refractivity contribution is 6.16. The van der Waals surface area contributed by atoms with Crippen LogP contribution in [0, 0.1) is 0 Å². The Morgan fingerprint density at radius 3 is 2.62 bits per heavy atom. The van der Waals surface area contributed by atoms with Gasteiger partial charge in [0.2, 0.25) is 5.96 Å². The van der Waals surface area contributed by atoms with Crippen LogP contribution in [0.3, 0.4) is 0 Å². The second kappa shape index (κ2) is 6.53. The van der Waals surface area contributed by atoms with E-state index in [0.29, 0.717) is 6.54 Å². The van der Waals surface area contributed by atoms with Crippen molar-refractivity contribution < 1.29 is 9.84 Å². The second-order valence-electron chi connectivity index (χ2n) is 6.06. The Balaban J connectivity index is 1.48. The number of guanidine groups is 1. The zero-order chi connectivity index (χ0) is 16.4. The normalized spacial score (nSPS) is 17.1. The average molecular weight is 323 g/mol. The molecule has 2 heterocycles. The van der Waals surface area contributed by atoms with Crippen molar-refractivity contribution >= 4 is 17.3 Å². The van der Waals surface area contributed by atoms with Crippen LogP contribution in [-0.2, 0) is 0 Å². The number of para-hydroxylation sites is 3. The van der Waals surface area contributed by atoms with E-state index in [1.807, 2.05) is 42.5 Å². The first-order chi connectivity index (χ1) is 11.8. The monoisotopic (exact) mass is 323 g/mol. The van der Waals surface area contributed by atoms with Gasteiger partial charge in [0.25, 0.3) is 0 Å². The summed E-state index contributed by atoms with van der Waals surface area (Å²) in [5.41, 5.74) is 2.28. The van der Waals surface area contributed by atoms with Gasteiger partial charge in [-0.1, -0.05) is 30.3 Å². The lowest BCUT2D eigenvalue weighted by Crippen LogP contribution is -2.45. The molecule has 24 heavy (non-hydrogen) atoms. The number of fused-ring (bicyclic) bond motifs is 3. The molecule has 1 atom stereocenters. The van der Waals surface area contributed by atoms with Crippen LogP contribution >= 0.6 is 0 Å². The zero-order valence-corrected chi connectivity index (χ0v) is 13.5. The molecule has 0 aromatic heterocycles. The molecule has 5 nitrogen and oxygen atoms in total. The molecule has 4 rings (SSSR count). The number of hydrogen-bond donors (Lipinski definition) is 1. The van der Waals surface area contributed by atoms with E-state index in [-0.39, 0.29) is 6.61 Å². The molecule has 0 unspecified atom stereocenters. The van der Waals surface area contributed by atoms with Gasteiger partial charge in [-0.15, -0.1) is 0 Å². The molecule has 0 saturated heterocycles. The number of nitrogens with zero attached hydrogens (tertiary/aromatic N) is 3. The van der Waals surface area contributed by atoms with Crippen molar-refractivity contribution in [2.45, 2.75) is 12.5 Å². The van der Waals surface area contributed by atoms with Gasteiger partial charge >= 0.3 is 0 Å². The summed E-state index contributed by atoms with van der Waals surface area (Å²) < 4.78 is 5.67. The first-order valence-electron chi connectivity index (χ1n) is 8.37. The number of rotatable bonds is 5. The van der Waals surface area contributed by atoms with Crippen LogP contribution in [-0.4, -0.2) is 43.4 Å². The number of β-amino-alcohol motifs (C(OH)–C–C–N with tert-alkyl or cyclic N) is 1. The lowest BCUT2D eigenvalue weighted by molar-refractivity contribution is 0.114. The molecular weight excluding hydrogens is 302 g/mol. The summed E-state index contributed by atoms with van der Waals surface area (Å²) in [6, 6.07) is 17.8. The summed E-state index contributed by atoms with van der Waals surface area (Å²) in [4.78, 5) is 9.02. The zero-order valence-electron chi connectivity index (χ0n) is 13.5. The molecule has 0 aliphatic carbocycles. The van der Waals surface area contributed by atoms with Gasteiger partial charge in [0.05, 0.1) is 17.9 Å². The lowest BCUT2D eigenvalue weighted by atomic mass is 10.2. The van der Waals surface area contributed by atoms with Crippen LogP contribution in [0.15, 0.2) is 59.6 Å². The van der Waals surface area contributed by atoms with Gasteiger partial charge in [-0.3, -0.25) is 4.99 Å². The molecule has 2 aromatic rings. The topological polar surface area (TPSA) is 48.3 Å². The summed E-state index contributed by atoms with van der Waals surface area (Å²) in [6.45, 7) is 2.55. The third kappa shape index (κ3) is 2.83. The average Bonchev–Trinajstić information content (AvgIpc) is 2.95. The molecule has 124 valence electrons. The van der Waals surface area contributed by atoms with Gasteiger partial charge in [-0.25, -0.2) is 0 Å². The van der Waals surface area contributed by atoms with Crippen molar-refractivity contribution in [1.82, 2.24) is 0 Å². The summed E-state index contributed by atoms with van der Waals surface area (Å²) in [7, 11) is 0. The Labute approximate surface area is 141 Å². The Kier molecular flexibility index (Phi) is 4.09. The molecule has 1 N–H and O–H groups in total. The molecule has 0 radical (unpaired) electrons. The van der Waals surface area contributed by atoms with Crippen molar-refractivity contribution in [3.8, 4) is 5.75 Å². The van der Waals surface area contributed by atoms with Crippen molar-refractivity contribution in [2.75, 3.05) is 36.0 Å². The Morgan fingerprint density at radius 1 is 1.04 bits per heavy atom. The molecule has 0 spiro atoms. The lowest BCUT2D eigenvalue weighted by Gasteiger charge is -2.28. The Morgan fingerprint density at radius 2 is 1.79 bits per heavy atom. The van der Waals surface area contributed by atoms with E-state index in [9.17, 15) is 5.11 Å². The molecule has 2 aromatic carbocycles. The predicted octanol–water partition coefficient (Wildman–Crippen LogP) is 2.51. The maximum atomic E-state index is 10.4. The highest BCUT2D eigenvalue weighted by Crippen LogP contribution is 2.38. The maximum Gasteiger partial charge on any atom is 0.205 e. The van der Waals surface area contributed by atoms with Crippen molar-refractivity contribution in [3.63, 3.8) is 0 Å². The Bertz CT molecular complexity index is 732. The van der Waals surface area contributed by atoms with E-state index in [2.05, 4.69) is 26.9 Å². The summed E-state index contributed by atoms with van der Waals surface area (Å²) >= 11 is 0. The van der Waals surface area contributed by atoms with Gasteiger partial charge < -0.3 is 19.6 Å². The molecule has 2 aliphatic rings. The summed E-state index contributed by atoms with van der Waals surface area (Å²) in [5.74, 6) is 1.72. The number of aliphatic hydroxyl groups excluding tert-OH is 1. The van der Waals surface area contributed by atoms with E-state index >= 15 is 0 Å². The number of aliphatic hydroxyl groups is 1. The molecule has 2 aliphatic heterocycles. The SMILES string of the molecule is O[C@@H](COc1ccccc1)CN1C2=NCCCN2c2ccccc21. The quantitative estimate of drug-likeness (QED) is 0.918. The van der Waals surface area contributed by atoms with Crippen LogP contribution in [0.1, 0.15) is 6.42 Å². The first-order valence-corrected chi connectivity index (χ1v) is 8.37. The summed E-state index contributed by atoms with van der Waals surface area (Å²) in [6.07, 6.45) is 0.466. The molecule has 0 amide bonds. The van der Waals surface area contributed by atoms with Crippen LogP contribution in [0.4, 0.5) is 11.4 Å². The number of anilines is 2. The van der Waals surface area contributed by atoms with Gasteiger partial charge in [0, 0.05) is 13.1 Å². The highest BCUT2D eigenvalue weighted by Gasteiger charge is 2.34. The van der Waals surface area contributed by atoms with Crippen LogP contribution in [0.25, 0.3) is 0 Å². The third-order valence-electron chi connectivity index (χ3n) is 4.32. The number of benzene rings is 2. The molecule has 0 bridgehead atoms. The van der Waals surface area contributed by atoms with Crippen LogP contribution < -0.4 is 14.5 Å². The minimum Gasteiger partial charge on any atom is -0.491 e. The predicted molar refractivity (Wildman–Crippen MR) is 96.0 cm³/mol. The van der Waals surface area contributed by atoms with E-state index < -0.39 is 6.10 Å². The first kappa shape index (κ1) is 15.0. The fourth-order valence-corrected chi connectivity index (χ4v) is 3.23. The van der Waals surface area contributed by atoms with E-state index in [0.717, 1.165) is 36.9 Å². The second-order valence-corrected chi connectivity index (χ2v) is 6.06. The molecule has 0 fully saturated rings. The molecular formula is C19H21N3O2. The maximum absolute atomic E-state index is 10.4. The summed E-state index contributed by atoms with van der Waals surface area (Å²) in [5, 5.41) is 10.4. The fourth-order valence-electron chi connectivity index (χ4n) is 3.23. The molecule has 0 saturated carbocycles. The van der Waals surface area contributed by atoms with Crippen molar-refractivity contribution in [2.24, 2.45) is 4.99 Å². The minimum atomic E-state index is -0.595. The highest BCUT2D eigenvalue weighted by atomic mass is 16.5. The van der Waals surface area contributed by atoms with Crippen molar-refractivity contribution in [1.29, 1.82) is 0 Å². The minimum absolute atomic E-state index is 0.260. The molecule has 5 heteroatoms. The standard InChI is InChI=1S/C19H21N3O2/c23-15(14-24-16-7-2-1-3-8-16)13-22-18-10-5-4-9-17(18)21-12-6-11-20-19(21)22/h1-5,7-10,15,23H,6,11-14H2/t15-/m1/s1. The van der Waals surface area contributed by atoms with Gasteiger partial charge in [0.1, 0.15) is 18.5 Å². The van der Waals surface area contributed by atoms with Crippen molar-refractivity contribution in [3.05, 3.63) is 54.6 Å². The largest absolute Gasteiger partial charge is 0.491 e. The fraction of sp³-hybridized carbons (Fsp3) is 0.316. The van der Waals surface area contributed by atoms with Gasteiger partial charge in [-0.2, -0.15) is 0 Å².